The van der Waals surface area contributed by atoms with Crippen molar-refractivity contribution in [1.29, 1.82) is 0 Å². The van der Waals surface area contributed by atoms with Gasteiger partial charge < -0.3 is 4.79 Å². The molecule has 0 aromatic heterocycles. The molecule has 0 N–H and O–H groups in total. The number of hydrogen-bond donors (Lipinski definition) is 0. The van der Waals surface area contributed by atoms with Gasteiger partial charge in [-0.05, 0) is 6.42 Å². The molecule has 0 saturated heterocycles. The lowest BCUT2D eigenvalue weighted by Gasteiger charge is -1.97. The van der Waals surface area contributed by atoms with Gasteiger partial charge in [0.05, 0.1) is 0 Å². The second-order valence-corrected chi connectivity index (χ2v) is 2.26. The smallest absolute Gasteiger partial charge is 0.122 e. The maximum atomic E-state index is 10.0. The lowest BCUT2D eigenvalue weighted by Crippen LogP contribution is -1.93. The maximum absolute atomic E-state index is 10.0. The first-order valence-corrected chi connectivity index (χ1v) is 4.26. The van der Waals surface area contributed by atoms with Crippen LogP contribution >= 0.6 is 0 Å². The molecule has 0 rings (SSSR count). The average Bonchev–Trinajstić information content (AvgIpc) is 2.04. The van der Waals surface area contributed by atoms with E-state index in [-0.39, 0.29) is 5.92 Å². The summed E-state index contributed by atoms with van der Waals surface area (Å²) in [5, 5.41) is 0. The van der Waals surface area contributed by atoms with Crippen LogP contribution in [-0.4, -0.2) is 6.29 Å². The van der Waals surface area contributed by atoms with Gasteiger partial charge in [0.2, 0.25) is 0 Å². The molecular formula is C9H20O. The predicted molar refractivity (Wildman–Crippen MR) is 46.1 cm³/mol. The summed E-state index contributed by atoms with van der Waals surface area (Å²) in [6.07, 6.45) is 4.45. The third-order valence-corrected chi connectivity index (χ3v) is 1.25. The minimum Gasteiger partial charge on any atom is -0.303 e. The standard InChI is InChI=1S/C7H14O.C2H6/c1-3-4-5-7(2)6-8;1-2/h6-7H,3-5H2,1-2H3;1-2H3. The summed E-state index contributed by atoms with van der Waals surface area (Å²) in [4.78, 5) is 10.0. The van der Waals surface area contributed by atoms with Crippen molar-refractivity contribution in [2.45, 2.75) is 47.0 Å². The molecule has 0 aliphatic heterocycles. The van der Waals surface area contributed by atoms with E-state index in [0.717, 1.165) is 12.7 Å². The zero-order valence-corrected chi connectivity index (χ0v) is 7.68. The Morgan fingerprint density at radius 1 is 1.40 bits per heavy atom. The normalized spacial score (nSPS) is 11.2. The zero-order valence-electron chi connectivity index (χ0n) is 7.68. The van der Waals surface area contributed by atoms with E-state index in [4.69, 9.17) is 0 Å². The molecular weight excluding hydrogens is 124 g/mol. The first kappa shape index (κ1) is 12.4. The Labute approximate surface area is 64.8 Å². The molecule has 0 aromatic carbocycles. The van der Waals surface area contributed by atoms with Crippen LogP contribution in [0.1, 0.15) is 47.0 Å². The van der Waals surface area contributed by atoms with E-state index in [1.54, 1.807) is 0 Å². The number of carbonyl (C=O) groups excluding carboxylic acids is 1. The second kappa shape index (κ2) is 11.5. The number of carbonyl (C=O) groups is 1. The highest BCUT2D eigenvalue weighted by Gasteiger charge is 1.95. The molecule has 0 aliphatic carbocycles. The molecule has 1 unspecified atom stereocenters. The lowest BCUT2D eigenvalue weighted by atomic mass is 10.1. The van der Waals surface area contributed by atoms with Gasteiger partial charge in [-0.2, -0.15) is 0 Å². The van der Waals surface area contributed by atoms with Crippen molar-refractivity contribution < 1.29 is 4.79 Å². The molecule has 0 bridgehead atoms. The lowest BCUT2D eigenvalue weighted by molar-refractivity contribution is -0.110. The molecule has 1 atom stereocenters. The summed E-state index contributed by atoms with van der Waals surface area (Å²) in [7, 11) is 0. The van der Waals surface area contributed by atoms with Gasteiger partial charge in [0, 0.05) is 5.92 Å². The fourth-order valence-corrected chi connectivity index (χ4v) is 0.594. The van der Waals surface area contributed by atoms with Crippen molar-refractivity contribution in [2.24, 2.45) is 5.92 Å². The van der Waals surface area contributed by atoms with Crippen LogP contribution in [0.2, 0.25) is 0 Å². The number of unbranched alkanes of at least 4 members (excludes halogenated alkanes) is 1. The van der Waals surface area contributed by atoms with Crippen LogP contribution in [0.4, 0.5) is 0 Å². The molecule has 0 saturated carbocycles. The van der Waals surface area contributed by atoms with Crippen LogP contribution in [0.3, 0.4) is 0 Å². The Morgan fingerprint density at radius 3 is 2.20 bits per heavy atom. The highest BCUT2D eigenvalue weighted by atomic mass is 16.1. The van der Waals surface area contributed by atoms with E-state index in [1.165, 1.54) is 12.8 Å². The highest BCUT2D eigenvalue weighted by molar-refractivity contribution is 5.52. The fraction of sp³-hybridized carbons (Fsp3) is 0.889. The van der Waals surface area contributed by atoms with Crippen molar-refractivity contribution in [2.75, 3.05) is 0 Å². The quantitative estimate of drug-likeness (QED) is 0.554. The zero-order chi connectivity index (χ0) is 8.41. The Balaban J connectivity index is 0. The molecule has 0 fully saturated rings. The van der Waals surface area contributed by atoms with Crippen LogP contribution in [0.25, 0.3) is 0 Å². The summed E-state index contributed by atoms with van der Waals surface area (Å²) in [5.41, 5.74) is 0. The Kier molecular flexibility index (Phi) is 14.2. The summed E-state index contributed by atoms with van der Waals surface area (Å²) in [6.45, 7) is 8.10. The van der Waals surface area contributed by atoms with E-state index in [2.05, 4.69) is 6.92 Å². The van der Waals surface area contributed by atoms with Gasteiger partial charge >= 0.3 is 0 Å². The van der Waals surface area contributed by atoms with Crippen molar-refractivity contribution >= 4 is 6.29 Å². The van der Waals surface area contributed by atoms with Gasteiger partial charge in [0.15, 0.2) is 0 Å². The average molecular weight is 144 g/mol. The van der Waals surface area contributed by atoms with E-state index < -0.39 is 0 Å². The largest absolute Gasteiger partial charge is 0.303 e. The van der Waals surface area contributed by atoms with E-state index in [1.807, 2.05) is 20.8 Å². The van der Waals surface area contributed by atoms with Gasteiger partial charge in [0.1, 0.15) is 6.29 Å². The van der Waals surface area contributed by atoms with Crippen LogP contribution in [0.5, 0.6) is 0 Å². The molecule has 0 radical (unpaired) electrons. The monoisotopic (exact) mass is 144 g/mol. The molecule has 1 heteroatoms. The van der Waals surface area contributed by atoms with E-state index in [9.17, 15) is 4.79 Å². The van der Waals surface area contributed by atoms with Crippen LogP contribution in [0, 0.1) is 5.92 Å². The minimum atomic E-state index is 0.273. The molecule has 0 aromatic rings. The van der Waals surface area contributed by atoms with E-state index >= 15 is 0 Å². The van der Waals surface area contributed by atoms with Gasteiger partial charge in [-0.15, -0.1) is 0 Å². The van der Waals surface area contributed by atoms with Crippen molar-refractivity contribution in [3.05, 3.63) is 0 Å². The summed E-state index contributed by atoms with van der Waals surface area (Å²) < 4.78 is 0. The van der Waals surface area contributed by atoms with Crippen molar-refractivity contribution in [1.82, 2.24) is 0 Å². The van der Waals surface area contributed by atoms with Gasteiger partial charge in [-0.3, -0.25) is 0 Å². The fourth-order valence-electron chi connectivity index (χ4n) is 0.594. The number of hydrogen-bond acceptors (Lipinski definition) is 1. The van der Waals surface area contributed by atoms with Gasteiger partial charge in [-0.25, -0.2) is 0 Å². The first-order valence-electron chi connectivity index (χ1n) is 4.26. The molecule has 0 spiro atoms. The first-order chi connectivity index (χ1) is 4.81. The number of aldehydes is 1. The number of rotatable bonds is 4. The van der Waals surface area contributed by atoms with Crippen LogP contribution < -0.4 is 0 Å². The maximum Gasteiger partial charge on any atom is 0.122 e. The van der Waals surface area contributed by atoms with E-state index in [0.29, 0.717) is 0 Å². The Bertz CT molecular complexity index is 59.7. The van der Waals surface area contributed by atoms with Gasteiger partial charge in [-0.1, -0.05) is 40.5 Å². The highest BCUT2D eigenvalue weighted by Crippen LogP contribution is 2.02. The van der Waals surface area contributed by atoms with Gasteiger partial charge in [0.25, 0.3) is 0 Å². The predicted octanol–water partition coefficient (Wildman–Crippen LogP) is 3.04. The third-order valence-electron chi connectivity index (χ3n) is 1.25. The molecule has 0 heterocycles. The third kappa shape index (κ3) is 10.6. The molecule has 0 amide bonds. The second-order valence-electron chi connectivity index (χ2n) is 2.26. The topological polar surface area (TPSA) is 17.1 Å². The molecule has 10 heavy (non-hydrogen) atoms. The van der Waals surface area contributed by atoms with Crippen molar-refractivity contribution in [3.63, 3.8) is 0 Å². The van der Waals surface area contributed by atoms with Crippen molar-refractivity contribution in [3.8, 4) is 0 Å². The molecule has 0 aliphatic rings. The van der Waals surface area contributed by atoms with Crippen LogP contribution in [-0.2, 0) is 4.79 Å². The summed E-state index contributed by atoms with van der Waals surface area (Å²) >= 11 is 0. The minimum absolute atomic E-state index is 0.273. The Morgan fingerprint density at radius 2 is 1.90 bits per heavy atom. The van der Waals surface area contributed by atoms with Crippen LogP contribution in [0.15, 0.2) is 0 Å². The summed E-state index contributed by atoms with van der Waals surface area (Å²) in [6, 6.07) is 0. The molecule has 1 nitrogen and oxygen atoms in total. The Hall–Kier alpha value is -0.330. The SMILES string of the molecule is CC.CCCCC(C)C=O. The summed E-state index contributed by atoms with van der Waals surface area (Å²) in [5.74, 6) is 0.273. The molecule has 62 valence electrons.